The summed E-state index contributed by atoms with van der Waals surface area (Å²) < 4.78 is 12.3. The molecule has 3 aromatic rings. The highest BCUT2D eigenvalue weighted by Gasteiger charge is 2.12. The van der Waals surface area contributed by atoms with E-state index in [-0.39, 0.29) is 5.91 Å². The van der Waals surface area contributed by atoms with Gasteiger partial charge < -0.3 is 9.47 Å². The van der Waals surface area contributed by atoms with Gasteiger partial charge in [-0.1, -0.05) is 41.9 Å². The molecule has 3 aromatic carbocycles. The summed E-state index contributed by atoms with van der Waals surface area (Å²) in [6.45, 7) is 2.28. The molecule has 0 unspecified atom stereocenters. The molecule has 0 fully saturated rings. The standard InChI is InChI=1S/C23H20ClIN2O3/c1-15-5-3-4-6-19(15)23(28)27-26-13-17-11-20(25)22(21(12-17)29-2)30-14-16-7-9-18(24)10-8-16/h3-13H,14H2,1-2H3,(H,27,28)/b26-13+. The first-order chi connectivity index (χ1) is 14.5. The predicted molar refractivity (Wildman–Crippen MR) is 128 cm³/mol. The molecule has 0 spiro atoms. The van der Waals surface area contributed by atoms with Crippen molar-refractivity contribution >= 4 is 46.3 Å². The van der Waals surface area contributed by atoms with Gasteiger partial charge in [0, 0.05) is 10.6 Å². The van der Waals surface area contributed by atoms with Gasteiger partial charge in [0.25, 0.3) is 5.91 Å². The van der Waals surface area contributed by atoms with Crippen LogP contribution in [0.1, 0.15) is 27.0 Å². The van der Waals surface area contributed by atoms with Crippen molar-refractivity contribution in [3.63, 3.8) is 0 Å². The number of hydrogen-bond acceptors (Lipinski definition) is 4. The SMILES string of the molecule is COc1cc(/C=N/NC(=O)c2ccccc2C)cc(I)c1OCc1ccc(Cl)cc1. The minimum Gasteiger partial charge on any atom is -0.493 e. The van der Waals surface area contributed by atoms with E-state index in [1.165, 1.54) is 0 Å². The van der Waals surface area contributed by atoms with E-state index in [1.54, 1.807) is 19.4 Å². The van der Waals surface area contributed by atoms with Gasteiger partial charge in [-0.15, -0.1) is 0 Å². The minimum atomic E-state index is -0.256. The van der Waals surface area contributed by atoms with Gasteiger partial charge in [-0.3, -0.25) is 4.79 Å². The van der Waals surface area contributed by atoms with E-state index in [9.17, 15) is 4.79 Å². The monoisotopic (exact) mass is 534 g/mol. The number of ether oxygens (including phenoxy) is 2. The number of amides is 1. The summed E-state index contributed by atoms with van der Waals surface area (Å²) in [5.41, 5.74) is 5.82. The second-order valence-corrected chi connectivity index (χ2v) is 8.06. The molecule has 0 saturated carbocycles. The van der Waals surface area contributed by atoms with Crippen molar-refractivity contribution in [1.29, 1.82) is 0 Å². The van der Waals surface area contributed by atoms with Gasteiger partial charge in [-0.05, 0) is 76.5 Å². The van der Waals surface area contributed by atoms with E-state index in [0.717, 1.165) is 20.3 Å². The number of methoxy groups -OCH3 is 1. The number of aryl methyl sites for hydroxylation is 1. The van der Waals surface area contributed by atoms with Crippen molar-refractivity contribution in [2.24, 2.45) is 5.10 Å². The number of rotatable bonds is 7. The van der Waals surface area contributed by atoms with Crippen LogP contribution in [0.2, 0.25) is 5.02 Å². The van der Waals surface area contributed by atoms with E-state index in [2.05, 4.69) is 33.1 Å². The van der Waals surface area contributed by atoms with Crippen LogP contribution in [0.5, 0.6) is 11.5 Å². The molecule has 0 heterocycles. The zero-order valence-electron chi connectivity index (χ0n) is 16.5. The Morgan fingerprint density at radius 1 is 1.17 bits per heavy atom. The van der Waals surface area contributed by atoms with Crippen LogP contribution in [0.4, 0.5) is 0 Å². The van der Waals surface area contributed by atoms with E-state index in [1.807, 2.05) is 61.5 Å². The Hall–Kier alpha value is -2.58. The number of halogens is 2. The Morgan fingerprint density at radius 2 is 1.90 bits per heavy atom. The fourth-order valence-corrected chi connectivity index (χ4v) is 3.65. The Bertz CT molecular complexity index is 1070. The lowest BCUT2D eigenvalue weighted by molar-refractivity contribution is 0.0954. The molecule has 154 valence electrons. The fourth-order valence-electron chi connectivity index (χ4n) is 2.74. The molecule has 0 bridgehead atoms. The number of benzene rings is 3. The number of hydrogen-bond donors (Lipinski definition) is 1. The first-order valence-corrected chi connectivity index (χ1v) is 10.6. The summed E-state index contributed by atoms with van der Waals surface area (Å²) >= 11 is 8.11. The van der Waals surface area contributed by atoms with E-state index < -0.39 is 0 Å². The van der Waals surface area contributed by atoms with E-state index in [4.69, 9.17) is 21.1 Å². The van der Waals surface area contributed by atoms with Crippen LogP contribution in [-0.2, 0) is 6.61 Å². The lowest BCUT2D eigenvalue weighted by atomic mass is 10.1. The van der Waals surface area contributed by atoms with Crippen LogP contribution < -0.4 is 14.9 Å². The van der Waals surface area contributed by atoms with Crippen molar-refractivity contribution in [1.82, 2.24) is 5.43 Å². The van der Waals surface area contributed by atoms with Gasteiger partial charge in [0.05, 0.1) is 16.9 Å². The summed E-state index contributed by atoms with van der Waals surface area (Å²) in [7, 11) is 1.58. The third-order valence-electron chi connectivity index (χ3n) is 4.32. The van der Waals surface area contributed by atoms with Gasteiger partial charge in [-0.2, -0.15) is 5.10 Å². The van der Waals surface area contributed by atoms with Crippen LogP contribution in [0.3, 0.4) is 0 Å². The second kappa shape index (κ2) is 10.4. The van der Waals surface area contributed by atoms with Crippen molar-refractivity contribution < 1.29 is 14.3 Å². The molecular weight excluding hydrogens is 515 g/mol. The van der Waals surface area contributed by atoms with Gasteiger partial charge in [0.1, 0.15) is 6.61 Å². The second-order valence-electron chi connectivity index (χ2n) is 6.46. The first-order valence-electron chi connectivity index (χ1n) is 9.11. The molecule has 0 atom stereocenters. The summed E-state index contributed by atoms with van der Waals surface area (Å²) in [6, 6.07) is 18.6. The van der Waals surface area contributed by atoms with Crippen molar-refractivity contribution in [2.75, 3.05) is 7.11 Å². The van der Waals surface area contributed by atoms with Gasteiger partial charge in [-0.25, -0.2) is 5.43 Å². The zero-order valence-corrected chi connectivity index (χ0v) is 19.4. The highest BCUT2D eigenvalue weighted by molar-refractivity contribution is 14.1. The third kappa shape index (κ3) is 5.73. The van der Waals surface area contributed by atoms with Gasteiger partial charge in [0.15, 0.2) is 11.5 Å². The zero-order chi connectivity index (χ0) is 21.5. The topological polar surface area (TPSA) is 59.9 Å². The van der Waals surface area contributed by atoms with Crippen LogP contribution in [0.25, 0.3) is 0 Å². The fraction of sp³-hybridized carbons (Fsp3) is 0.130. The van der Waals surface area contributed by atoms with Crippen LogP contribution in [-0.4, -0.2) is 19.2 Å². The summed E-state index contributed by atoms with van der Waals surface area (Å²) in [6.07, 6.45) is 1.57. The molecule has 1 amide bonds. The largest absolute Gasteiger partial charge is 0.493 e. The van der Waals surface area contributed by atoms with Crippen LogP contribution in [0.15, 0.2) is 65.8 Å². The smallest absolute Gasteiger partial charge is 0.271 e. The van der Waals surface area contributed by atoms with Crippen molar-refractivity contribution in [3.05, 3.63) is 91.5 Å². The lowest BCUT2D eigenvalue weighted by Crippen LogP contribution is -2.18. The highest BCUT2D eigenvalue weighted by Crippen LogP contribution is 2.34. The minimum absolute atomic E-state index is 0.256. The maximum atomic E-state index is 12.3. The molecule has 3 rings (SSSR count). The molecule has 0 aromatic heterocycles. The molecule has 0 saturated heterocycles. The average molecular weight is 535 g/mol. The number of carbonyl (C=O) groups excluding carboxylic acids is 1. The number of nitrogens with zero attached hydrogens (tertiary/aromatic N) is 1. The number of nitrogens with one attached hydrogen (secondary N) is 1. The van der Waals surface area contributed by atoms with Crippen LogP contribution in [0, 0.1) is 10.5 Å². The lowest BCUT2D eigenvalue weighted by Gasteiger charge is -2.13. The highest BCUT2D eigenvalue weighted by atomic mass is 127. The molecule has 0 aliphatic carbocycles. The van der Waals surface area contributed by atoms with Crippen molar-refractivity contribution in [3.8, 4) is 11.5 Å². The van der Waals surface area contributed by atoms with Crippen molar-refractivity contribution in [2.45, 2.75) is 13.5 Å². The third-order valence-corrected chi connectivity index (χ3v) is 5.37. The maximum absolute atomic E-state index is 12.3. The molecule has 7 heteroatoms. The maximum Gasteiger partial charge on any atom is 0.271 e. The van der Waals surface area contributed by atoms with Crippen LogP contribution >= 0.6 is 34.2 Å². The van der Waals surface area contributed by atoms with E-state index >= 15 is 0 Å². The Labute approximate surface area is 194 Å². The molecule has 5 nitrogen and oxygen atoms in total. The molecule has 0 aliphatic rings. The molecule has 0 aliphatic heterocycles. The number of carbonyl (C=O) groups is 1. The Balaban J connectivity index is 1.70. The van der Waals surface area contributed by atoms with E-state index in [0.29, 0.717) is 28.7 Å². The molecule has 1 N–H and O–H groups in total. The molecule has 30 heavy (non-hydrogen) atoms. The molecule has 0 radical (unpaired) electrons. The molecular formula is C23H20ClIN2O3. The predicted octanol–water partition coefficient (Wildman–Crippen LogP) is 5.60. The Kier molecular flexibility index (Phi) is 7.70. The summed E-state index contributed by atoms with van der Waals surface area (Å²) in [5.74, 6) is 0.977. The summed E-state index contributed by atoms with van der Waals surface area (Å²) in [5, 5.41) is 4.75. The Morgan fingerprint density at radius 3 is 2.60 bits per heavy atom. The average Bonchev–Trinajstić information content (AvgIpc) is 2.74. The van der Waals surface area contributed by atoms with Gasteiger partial charge >= 0.3 is 0 Å². The number of hydrazone groups is 1. The van der Waals surface area contributed by atoms with Gasteiger partial charge in [0.2, 0.25) is 0 Å². The normalized spacial score (nSPS) is 10.8. The first kappa shape index (κ1) is 22.1. The quantitative estimate of drug-likeness (QED) is 0.244. The summed E-state index contributed by atoms with van der Waals surface area (Å²) in [4.78, 5) is 12.3.